The molecule has 1 aromatic carbocycles. The molecule has 21 heavy (non-hydrogen) atoms. The molecule has 1 aliphatic heterocycles. The fraction of sp³-hybridized carbons (Fsp3) is 0.500. The summed E-state index contributed by atoms with van der Waals surface area (Å²) in [5, 5.41) is 0. The smallest absolute Gasteiger partial charge is 0.330 e. The highest BCUT2D eigenvalue weighted by Crippen LogP contribution is 2.35. The van der Waals surface area contributed by atoms with Gasteiger partial charge in [0.25, 0.3) is 0 Å². The van der Waals surface area contributed by atoms with E-state index in [0.717, 1.165) is 12.1 Å². The second-order valence-corrected chi connectivity index (χ2v) is 7.66. The molecule has 1 atom stereocenters. The van der Waals surface area contributed by atoms with Gasteiger partial charge in [0.1, 0.15) is 0 Å². The largest absolute Gasteiger partial charge is 0.416 e. The van der Waals surface area contributed by atoms with Gasteiger partial charge in [-0.05, 0) is 53.0 Å². The highest BCUT2D eigenvalue weighted by Gasteiger charge is 2.36. The van der Waals surface area contributed by atoms with Crippen LogP contribution in [0, 0.1) is 5.92 Å². The van der Waals surface area contributed by atoms with E-state index in [0.29, 0.717) is 19.0 Å². The molecule has 1 aromatic rings. The fourth-order valence-corrected chi connectivity index (χ4v) is 4.71. The first kappa shape index (κ1) is 16.7. The van der Waals surface area contributed by atoms with Crippen LogP contribution in [-0.2, 0) is 16.2 Å². The maximum absolute atomic E-state index is 12.7. The zero-order chi connectivity index (χ0) is 15.8. The van der Waals surface area contributed by atoms with Gasteiger partial charge in [-0.2, -0.15) is 17.5 Å². The molecule has 2 rings (SSSR count). The second-order valence-electron chi connectivity index (χ2n) is 4.90. The van der Waals surface area contributed by atoms with Crippen LogP contribution >= 0.6 is 15.9 Å². The Balaban J connectivity index is 2.41. The molecule has 1 aliphatic rings. The van der Waals surface area contributed by atoms with Crippen molar-refractivity contribution >= 4 is 26.0 Å². The Kier molecular flexibility index (Phi) is 4.67. The second kappa shape index (κ2) is 5.86. The molecular weight excluding hydrogens is 373 g/mol. The first-order valence-electron chi connectivity index (χ1n) is 6.23. The molecule has 9 heteroatoms. The van der Waals surface area contributed by atoms with Crippen LogP contribution in [0.2, 0.25) is 0 Å². The lowest BCUT2D eigenvalue weighted by Crippen LogP contribution is -2.30. The van der Waals surface area contributed by atoms with Crippen molar-refractivity contribution in [1.29, 1.82) is 0 Å². The summed E-state index contributed by atoms with van der Waals surface area (Å²) < 4.78 is 64.5. The van der Waals surface area contributed by atoms with Crippen molar-refractivity contribution in [2.75, 3.05) is 19.6 Å². The average molecular weight is 387 g/mol. The Labute approximate surface area is 129 Å². The van der Waals surface area contributed by atoms with Crippen LogP contribution in [0.4, 0.5) is 13.2 Å². The van der Waals surface area contributed by atoms with Crippen molar-refractivity contribution in [2.24, 2.45) is 11.7 Å². The van der Waals surface area contributed by atoms with Crippen molar-refractivity contribution in [2.45, 2.75) is 17.5 Å². The minimum Gasteiger partial charge on any atom is -0.330 e. The first-order valence-corrected chi connectivity index (χ1v) is 8.46. The zero-order valence-electron chi connectivity index (χ0n) is 10.9. The van der Waals surface area contributed by atoms with Crippen molar-refractivity contribution < 1.29 is 21.6 Å². The lowest BCUT2D eigenvalue weighted by atomic mass is 10.1. The van der Waals surface area contributed by atoms with E-state index < -0.39 is 21.8 Å². The summed E-state index contributed by atoms with van der Waals surface area (Å²) in [6.07, 6.45) is -3.97. The molecule has 0 amide bonds. The van der Waals surface area contributed by atoms with Gasteiger partial charge in [-0.1, -0.05) is 0 Å². The number of nitrogens with two attached hydrogens (primary N) is 1. The lowest BCUT2D eigenvalue weighted by molar-refractivity contribution is -0.137. The minimum absolute atomic E-state index is 0.0457. The van der Waals surface area contributed by atoms with Gasteiger partial charge in [-0.15, -0.1) is 0 Å². The zero-order valence-corrected chi connectivity index (χ0v) is 13.3. The molecule has 2 N–H and O–H groups in total. The number of halogens is 4. The van der Waals surface area contributed by atoms with Crippen LogP contribution < -0.4 is 5.73 Å². The standard InChI is InChI=1S/C12H14BrF3N2O2S/c13-10-2-1-9(12(14,15)16)5-11(10)21(19,20)18-4-3-8(6-17)7-18/h1-2,5,8H,3-4,6-7,17H2. The molecule has 0 aliphatic carbocycles. The number of rotatable bonds is 3. The van der Waals surface area contributed by atoms with E-state index in [1.165, 1.54) is 4.31 Å². The van der Waals surface area contributed by atoms with Crippen LogP contribution in [-0.4, -0.2) is 32.4 Å². The summed E-state index contributed by atoms with van der Waals surface area (Å²) in [6, 6.07) is 2.61. The molecular formula is C12H14BrF3N2O2S. The third kappa shape index (κ3) is 3.41. The van der Waals surface area contributed by atoms with Gasteiger partial charge < -0.3 is 5.73 Å². The number of alkyl halides is 3. The van der Waals surface area contributed by atoms with E-state index in [1.54, 1.807) is 0 Å². The number of sulfonamides is 1. The van der Waals surface area contributed by atoms with Gasteiger partial charge in [0.2, 0.25) is 10.0 Å². The van der Waals surface area contributed by atoms with Crippen molar-refractivity contribution in [3.8, 4) is 0 Å². The third-order valence-electron chi connectivity index (χ3n) is 3.46. The van der Waals surface area contributed by atoms with Gasteiger partial charge in [0.05, 0.1) is 10.5 Å². The van der Waals surface area contributed by atoms with Crippen molar-refractivity contribution in [1.82, 2.24) is 4.31 Å². The number of benzene rings is 1. The molecule has 1 fully saturated rings. The van der Waals surface area contributed by atoms with Crippen molar-refractivity contribution in [3.05, 3.63) is 28.2 Å². The first-order chi connectivity index (χ1) is 9.66. The molecule has 0 aromatic heterocycles. The van der Waals surface area contributed by atoms with E-state index in [9.17, 15) is 21.6 Å². The van der Waals surface area contributed by atoms with Crippen LogP contribution in [0.1, 0.15) is 12.0 Å². The Morgan fingerprint density at radius 3 is 2.57 bits per heavy atom. The topological polar surface area (TPSA) is 63.4 Å². The van der Waals surface area contributed by atoms with Gasteiger partial charge in [-0.25, -0.2) is 8.42 Å². The highest BCUT2D eigenvalue weighted by atomic mass is 79.9. The van der Waals surface area contributed by atoms with Crippen LogP contribution in [0.25, 0.3) is 0 Å². The summed E-state index contributed by atoms with van der Waals surface area (Å²) in [5.41, 5.74) is 4.52. The predicted molar refractivity (Wildman–Crippen MR) is 75.1 cm³/mol. The predicted octanol–water partition coefficient (Wildman–Crippen LogP) is 2.44. The van der Waals surface area contributed by atoms with Gasteiger partial charge in [-0.3, -0.25) is 0 Å². The van der Waals surface area contributed by atoms with E-state index >= 15 is 0 Å². The van der Waals surface area contributed by atoms with Gasteiger partial charge in [0, 0.05) is 17.6 Å². The van der Waals surface area contributed by atoms with E-state index in [4.69, 9.17) is 5.73 Å². The van der Waals surface area contributed by atoms with Crippen LogP contribution in [0.5, 0.6) is 0 Å². The molecule has 1 unspecified atom stereocenters. The number of hydrogen-bond acceptors (Lipinski definition) is 3. The van der Waals surface area contributed by atoms with E-state index in [-0.39, 0.29) is 28.4 Å². The number of nitrogens with zero attached hydrogens (tertiary/aromatic N) is 1. The Bertz CT molecular complexity index is 634. The number of hydrogen-bond donors (Lipinski definition) is 1. The molecule has 0 saturated carbocycles. The molecule has 0 radical (unpaired) electrons. The summed E-state index contributed by atoms with van der Waals surface area (Å²) in [4.78, 5) is -0.366. The Morgan fingerprint density at radius 2 is 2.05 bits per heavy atom. The molecule has 0 bridgehead atoms. The normalized spacial score (nSPS) is 20.9. The summed E-state index contributed by atoms with van der Waals surface area (Å²) in [7, 11) is -3.96. The molecule has 0 spiro atoms. The SMILES string of the molecule is NCC1CCN(S(=O)(=O)c2cc(C(F)(F)F)ccc2Br)C1. The molecule has 118 valence electrons. The van der Waals surface area contributed by atoms with Crippen LogP contribution in [0.3, 0.4) is 0 Å². The summed E-state index contributed by atoms with van der Waals surface area (Å²) in [5.74, 6) is 0.0457. The summed E-state index contributed by atoms with van der Waals surface area (Å²) >= 11 is 3.01. The maximum atomic E-state index is 12.7. The monoisotopic (exact) mass is 386 g/mol. The molecule has 1 heterocycles. The van der Waals surface area contributed by atoms with Gasteiger partial charge >= 0.3 is 6.18 Å². The van der Waals surface area contributed by atoms with Crippen molar-refractivity contribution in [3.63, 3.8) is 0 Å². The highest BCUT2D eigenvalue weighted by molar-refractivity contribution is 9.10. The molecule has 1 saturated heterocycles. The quantitative estimate of drug-likeness (QED) is 0.867. The van der Waals surface area contributed by atoms with Gasteiger partial charge in [0.15, 0.2) is 0 Å². The summed E-state index contributed by atoms with van der Waals surface area (Å²) in [6.45, 7) is 0.865. The minimum atomic E-state index is -4.59. The fourth-order valence-electron chi connectivity index (χ4n) is 2.22. The third-order valence-corrected chi connectivity index (χ3v) is 6.32. The average Bonchev–Trinajstić information content (AvgIpc) is 2.87. The van der Waals surface area contributed by atoms with E-state index in [1.807, 2.05) is 0 Å². The Morgan fingerprint density at radius 1 is 1.38 bits per heavy atom. The van der Waals surface area contributed by atoms with E-state index in [2.05, 4.69) is 15.9 Å². The lowest BCUT2D eigenvalue weighted by Gasteiger charge is -2.18. The maximum Gasteiger partial charge on any atom is 0.416 e. The molecule has 4 nitrogen and oxygen atoms in total. The Hall–Kier alpha value is -0.640. The van der Waals surface area contributed by atoms with Crippen LogP contribution in [0.15, 0.2) is 27.6 Å².